The molecule has 0 saturated heterocycles. The van der Waals surface area contributed by atoms with Crippen LogP contribution in [-0.2, 0) is 0 Å². The molecule has 1 aromatic rings. The third kappa shape index (κ3) is 2.91. The lowest BCUT2D eigenvalue weighted by molar-refractivity contribution is 0.0768. The van der Waals surface area contributed by atoms with Crippen molar-refractivity contribution in [2.45, 2.75) is 6.92 Å². The lowest BCUT2D eigenvalue weighted by Crippen LogP contribution is -2.33. The van der Waals surface area contributed by atoms with Crippen LogP contribution >= 0.6 is 11.6 Å². The van der Waals surface area contributed by atoms with Crippen LogP contribution in [-0.4, -0.2) is 29.8 Å². The molecule has 0 aliphatic rings. The van der Waals surface area contributed by atoms with Crippen LogP contribution in [0.3, 0.4) is 0 Å². The Morgan fingerprint density at radius 3 is 2.47 bits per heavy atom. The average molecular weight is 266 g/mol. The number of carbonyl (C=O) groups excluding carboxylic acids is 1. The Balaban J connectivity index is 3.08. The number of hydrogen-bond donors (Lipinski definition) is 0. The zero-order chi connectivity index (χ0) is 13.0. The number of rotatable bonds is 4. The first-order valence-electron chi connectivity index (χ1n) is 5.01. The summed E-state index contributed by atoms with van der Waals surface area (Å²) in [6.45, 7) is 2.21. The first-order chi connectivity index (χ1) is 8.02. The molecule has 0 aromatic heterocycles. The molecule has 0 aliphatic carbocycles. The van der Waals surface area contributed by atoms with Gasteiger partial charge in [0.25, 0.3) is 5.91 Å². The van der Waals surface area contributed by atoms with Crippen molar-refractivity contribution in [2.75, 3.05) is 19.0 Å². The molecule has 6 heteroatoms. The van der Waals surface area contributed by atoms with Gasteiger partial charge < -0.3 is 4.90 Å². The van der Waals surface area contributed by atoms with Gasteiger partial charge in [0.15, 0.2) is 17.5 Å². The Morgan fingerprint density at radius 2 is 1.94 bits per heavy atom. The van der Waals surface area contributed by atoms with E-state index in [0.29, 0.717) is 6.54 Å². The summed E-state index contributed by atoms with van der Waals surface area (Å²) in [5.74, 6) is -4.95. The second-order valence-corrected chi connectivity index (χ2v) is 3.67. The molecule has 1 aromatic carbocycles. The van der Waals surface area contributed by atoms with Crippen LogP contribution in [0.15, 0.2) is 12.1 Å². The van der Waals surface area contributed by atoms with E-state index in [9.17, 15) is 18.0 Å². The highest BCUT2D eigenvalue weighted by Gasteiger charge is 2.22. The highest BCUT2D eigenvalue weighted by atomic mass is 35.5. The van der Waals surface area contributed by atoms with E-state index in [1.165, 1.54) is 4.90 Å². The molecule has 94 valence electrons. The minimum Gasteiger partial charge on any atom is -0.338 e. The van der Waals surface area contributed by atoms with E-state index < -0.39 is 28.9 Å². The number of carbonyl (C=O) groups is 1. The first-order valence-corrected chi connectivity index (χ1v) is 5.55. The summed E-state index contributed by atoms with van der Waals surface area (Å²) in [5, 5.41) is 0. The molecule has 0 aliphatic heterocycles. The molecule has 1 amide bonds. The van der Waals surface area contributed by atoms with E-state index in [1.807, 2.05) is 0 Å². The number of alkyl halides is 1. The molecule has 1 rings (SSSR count). The van der Waals surface area contributed by atoms with Gasteiger partial charge in [0.1, 0.15) is 0 Å². The fourth-order valence-corrected chi connectivity index (χ4v) is 1.57. The molecule has 0 saturated carbocycles. The summed E-state index contributed by atoms with van der Waals surface area (Å²) in [6.07, 6.45) is 0. The topological polar surface area (TPSA) is 20.3 Å². The second-order valence-electron chi connectivity index (χ2n) is 3.30. The molecule has 0 radical (unpaired) electrons. The zero-order valence-corrected chi connectivity index (χ0v) is 9.90. The predicted octanol–water partition coefficient (Wildman–Crippen LogP) is 2.80. The highest BCUT2D eigenvalue weighted by Crippen LogP contribution is 2.16. The summed E-state index contributed by atoms with van der Waals surface area (Å²) < 4.78 is 39.0. The largest absolute Gasteiger partial charge is 0.338 e. The summed E-state index contributed by atoms with van der Waals surface area (Å²) in [7, 11) is 0. The maximum atomic E-state index is 13.4. The summed E-state index contributed by atoms with van der Waals surface area (Å²) in [5.41, 5.74) is -0.490. The third-order valence-electron chi connectivity index (χ3n) is 2.29. The van der Waals surface area contributed by atoms with Gasteiger partial charge in [0.05, 0.1) is 5.56 Å². The quantitative estimate of drug-likeness (QED) is 0.606. The number of nitrogens with zero attached hydrogens (tertiary/aromatic N) is 1. The van der Waals surface area contributed by atoms with Crippen molar-refractivity contribution in [2.24, 2.45) is 0 Å². The molecular formula is C11H11ClF3NO. The lowest BCUT2D eigenvalue weighted by Gasteiger charge is -2.19. The van der Waals surface area contributed by atoms with Crippen LogP contribution in [0.25, 0.3) is 0 Å². The minimum atomic E-state index is -1.64. The third-order valence-corrected chi connectivity index (χ3v) is 2.46. The smallest absolute Gasteiger partial charge is 0.256 e. The summed E-state index contributed by atoms with van der Waals surface area (Å²) in [6, 6.07) is 1.65. The molecule has 0 heterocycles. The monoisotopic (exact) mass is 265 g/mol. The fourth-order valence-electron chi connectivity index (χ4n) is 1.37. The predicted molar refractivity (Wildman–Crippen MR) is 58.6 cm³/mol. The lowest BCUT2D eigenvalue weighted by atomic mass is 10.1. The SMILES string of the molecule is CCN(CCCl)C(=O)c1ccc(F)c(F)c1F. The maximum absolute atomic E-state index is 13.4. The van der Waals surface area contributed by atoms with Crippen molar-refractivity contribution in [3.05, 3.63) is 35.1 Å². The molecule has 0 atom stereocenters. The van der Waals surface area contributed by atoms with E-state index >= 15 is 0 Å². The standard InChI is InChI=1S/C11H11ClF3NO/c1-2-16(6-5-12)11(17)7-3-4-8(13)10(15)9(7)14/h3-4H,2,5-6H2,1H3. The normalized spacial score (nSPS) is 10.4. The average Bonchev–Trinajstić information content (AvgIpc) is 2.32. The Hall–Kier alpha value is -1.23. The van der Waals surface area contributed by atoms with Crippen LogP contribution in [0.1, 0.15) is 17.3 Å². The van der Waals surface area contributed by atoms with Crippen LogP contribution in [0.2, 0.25) is 0 Å². The fraction of sp³-hybridized carbons (Fsp3) is 0.364. The van der Waals surface area contributed by atoms with Crippen molar-refractivity contribution < 1.29 is 18.0 Å². The van der Waals surface area contributed by atoms with E-state index in [2.05, 4.69) is 0 Å². The van der Waals surface area contributed by atoms with E-state index in [1.54, 1.807) is 6.92 Å². The number of hydrogen-bond acceptors (Lipinski definition) is 1. The van der Waals surface area contributed by atoms with Gasteiger partial charge in [-0.1, -0.05) is 0 Å². The molecule has 0 bridgehead atoms. The van der Waals surface area contributed by atoms with E-state index in [0.717, 1.165) is 12.1 Å². The van der Waals surface area contributed by atoms with Crippen LogP contribution < -0.4 is 0 Å². The van der Waals surface area contributed by atoms with Gasteiger partial charge in [-0.05, 0) is 19.1 Å². The number of benzene rings is 1. The first kappa shape index (κ1) is 13.8. The second kappa shape index (κ2) is 5.91. The van der Waals surface area contributed by atoms with Gasteiger partial charge in [0.2, 0.25) is 0 Å². The van der Waals surface area contributed by atoms with Gasteiger partial charge in [-0.2, -0.15) is 0 Å². The minimum absolute atomic E-state index is 0.185. The molecular weight excluding hydrogens is 255 g/mol. The highest BCUT2D eigenvalue weighted by molar-refractivity contribution is 6.18. The van der Waals surface area contributed by atoms with Crippen molar-refractivity contribution >= 4 is 17.5 Å². The Kier molecular flexibility index (Phi) is 4.81. The van der Waals surface area contributed by atoms with E-state index in [-0.39, 0.29) is 12.4 Å². The van der Waals surface area contributed by atoms with Crippen molar-refractivity contribution in [1.29, 1.82) is 0 Å². The van der Waals surface area contributed by atoms with Crippen LogP contribution in [0.5, 0.6) is 0 Å². The van der Waals surface area contributed by atoms with Gasteiger partial charge >= 0.3 is 0 Å². The zero-order valence-electron chi connectivity index (χ0n) is 9.14. The van der Waals surface area contributed by atoms with Crippen molar-refractivity contribution in [3.8, 4) is 0 Å². The van der Waals surface area contributed by atoms with Crippen LogP contribution in [0.4, 0.5) is 13.2 Å². The Bertz CT molecular complexity index is 425. The Morgan fingerprint density at radius 1 is 1.29 bits per heavy atom. The molecule has 0 fully saturated rings. The van der Waals surface area contributed by atoms with Crippen molar-refractivity contribution in [3.63, 3.8) is 0 Å². The molecule has 0 N–H and O–H groups in total. The molecule has 0 spiro atoms. The van der Waals surface area contributed by atoms with E-state index in [4.69, 9.17) is 11.6 Å². The Labute approximate surface area is 102 Å². The molecule has 17 heavy (non-hydrogen) atoms. The number of halogens is 4. The van der Waals surface area contributed by atoms with Gasteiger partial charge in [-0.3, -0.25) is 4.79 Å². The molecule has 0 unspecified atom stereocenters. The van der Waals surface area contributed by atoms with Gasteiger partial charge in [-0.25, -0.2) is 13.2 Å². The number of amides is 1. The molecule has 2 nitrogen and oxygen atoms in total. The van der Waals surface area contributed by atoms with Gasteiger partial charge in [0, 0.05) is 19.0 Å². The van der Waals surface area contributed by atoms with Crippen LogP contribution in [0, 0.1) is 17.5 Å². The van der Waals surface area contributed by atoms with Crippen molar-refractivity contribution in [1.82, 2.24) is 4.90 Å². The summed E-state index contributed by atoms with van der Waals surface area (Å²) in [4.78, 5) is 13.0. The maximum Gasteiger partial charge on any atom is 0.256 e. The van der Waals surface area contributed by atoms with Gasteiger partial charge in [-0.15, -0.1) is 11.6 Å². The summed E-state index contributed by atoms with van der Waals surface area (Å²) >= 11 is 5.48.